The van der Waals surface area contributed by atoms with Gasteiger partial charge in [0, 0.05) is 19.7 Å². The first-order chi connectivity index (χ1) is 6.15. The van der Waals surface area contributed by atoms with Crippen molar-refractivity contribution in [3.63, 3.8) is 0 Å². The van der Waals surface area contributed by atoms with Crippen LogP contribution < -0.4 is 4.90 Å². The van der Waals surface area contributed by atoms with Crippen molar-refractivity contribution in [2.75, 3.05) is 11.9 Å². The molecule has 0 aliphatic carbocycles. The monoisotopic (exact) mass is 177 g/mol. The van der Waals surface area contributed by atoms with Crippen molar-refractivity contribution in [3.8, 4) is 0 Å². The minimum atomic E-state index is 0.0632. The summed E-state index contributed by atoms with van der Waals surface area (Å²) in [5.74, 6) is 0.0632. The summed E-state index contributed by atoms with van der Waals surface area (Å²) >= 11 is 0. The van der Waals surface area contributed by atoms with Gasteiger partial charge in [-0.1, -0.05) is 19.1 Å². The summed E-state index contributed by atoms with van der Waals surface area (Å²) in [7, 11) is 1.79. The van der Waals surface area contributed by atoms with Gasteiger partial charge in [-0.15, -0.1) is 0 Å². The van der Waals surface area contributed by atoms with E-state index in [1.165, 1.54) is 5.56 Å². The predicted octanol–water partition coefficient (Wildman–Crippen LogP) is 2.23. The van der Waals surface area contributed by atoms with Gasteiger partial charge in [0.05, 0.1) is 0 Å². The van der Waals surface area contributed by atoms with Gasteiger partial charge in [-0.05, 0) is 24.1 Å². The molecule has 70 valence electrons. The molecule has 0 heterocycles. The average molecular weight is 177 g/mol. The molecule has 2 nitrogen and oxygen atoms in total. The second-order valence-corrected chi connectivity index (χ2v) is 3.10. The molecule has 0 fully saturated rings. The van der Waals surface area contributed by atoms with Gasteiger partial charge in [-0.2, -0.15) is 0 Å². The van der Waals surface area contributed by atoms with E-state index >= 15 is 0 Å². The second-order valence-electron chi connectivity index (χ2n) is 3.10. The van der Waals surface area contributed by atoms with Crippen LogP contribution in [0.1, 0.15) is 19.4 Å². The molecule has 0 radical (unpaired) electrons. The van der Waals surface area contributed by atoms with Crippen molar-refractivity contribution in [1.82, 2.24) is 0 Å². The van der Waals surface area contributed by atoms with E-state index in [-0.39, 0.29) is 5.91 Å². The first-order valence-electron chi connectivity index (χ1n) is 4.48. The molecular formula is C11H15NO. The van der Waals surface area contributed by atoms with Crippen LogP contribution in [0.25, 0.3) is 0 Å². The molecule has 0 saturated heterocycles. The van der Waals surface area contributed by atoms with Crippen LogP contribution >= 0.6 is 0 Å². The number of hydrogen-bond donors (Lipinski definition) is 0. The lowest BCUT2D eigenvalue weighted by atomic mass is 10.1. The van der Waals surface area contributed by atoms with Crippen molar-refractivity contribution in [1.29, 1.82) is 0 Å². The van der Waals surface area contributed by atoms with Crippen molar-refractivity contribution in [2.24, 2.45) is 0 Å². The number of carbonyl (C=O) groups is 1. The molecule has 2 heteroatoms. The van der Waals surface area contributed by atoms with E-state index in [0.717, 1.165) is 12.1 Å². The normalized spacial score (nSPS) is 9.77. The smallest absolute Gasteiger partial charge is 0.223 e. The minimum absolute atomic E-state index is 0.0632. The molecule has 1 aromatic rings. The highest BCUT2D eigenvalue weighted by Gasteiger charge is 2.04. The number of benzene rings is 1. The van der Waals surface area contributed by atoms with Crippen LogP contribution in [0.2, 0.25) is 0 Å². The Morgan fingerprint density at radius 1 is 1.46 bits per heavy atom. The fraction of sp³-hybridized carbons (Fsp3) is 0.364. The van der Waals surface area contributed by atoms with Gasteiger partial charge in [-0.3, -0.25) is 4.79 Å². The van der Waals surface area contributed by atoms with Crippen LogP contribution in [0.5, 0.6) is 0 Å². The van der Waals surface area contributed by atoms with E-state index in [9.17, 15) is 4.79 Å². The highest BCUT2D eigenvalue weighted by Crippen LogP contribution is 2.14. The van der Waals surface area contributed by atoms with Crippen molar-refractivity contribution >= 4 is 11.6 Å². The summed E-state index contributed by atoms with van der Waals surface area (Å²) in [6, 6.07) is 8.03. The van der Waals surface area contributed by atoms with Gasteiger partial charge in [0.1, 0.15) is 0 Å². The van der Waals surface area contributed by atoms with E-state index in [2.05, 4.69) is 13.0 Å². The largest absolute Gasteiger partial charge is 0.316 e. The van der Waals surface area contributed by atoms with Crippen LogP contribution in [0.3, 0.4) is 0 Å². The van der Waals surface area contributed by atoms with Gasteiger partial charge in [-0.25, -0.2) is 0 Å². The first-order valence-corrected chi connectivity index (χ1v) is 4.48. The van der Waals surface area contributed by atoms with Crippen LogP contribution in [-0.2, 0) is 11.2 Å². The lowest BCUT2D eigenvalue weighted by molar-refractivity contribution is -0.116. The fourth-order valence-electron chi connectivity index (χ4n) is 1.17. The SMILES string of the molecule is CCc1cccc(N(C)C(C)=O)c1. The van der Waals surface area contributed by atoms with Crippen molar-refractivity contribution in [3.05, 3.63) is 29.8 Å². The molecule has 0 spiro atoms. The molecule has 0 unspecified atom stereocenters. The van der Waals surface area contributed by atoms with Crippen LogP contribution in [0.4, 0.5) is 5.69 Å². The summed E-state index contributed by atoms with van der Waals surface area (Å²) in [5.41, 5.74) is 2.22. The lowest BCUT2D eigenvalue weighted by Gasteiger charge is -2.15. The summed E-state index contributed by atoms with van der Waals surface area (Å²) in [6.07, 6.45) is 1.000. The third kappa shape index (κ3) is 2.31. The quantitative estimate of drug-likeness (QED) is 0.678. The van der Waals surface area contributed by atoms with Gasteiger partial charge in [0.2, 0.25) is 5.91 Å². The molecule has 0 N–H and O–H groups in total. The highest BCUT2D eigenvalue weighted by atomic mass is 16.2. The lowest BCUT2D eigenvalue weighted by Crippen LogP contribution is -2.22. The Hall–Kier alpha value is -1.31. The highest BCUT2D eigenvalue weighted by molar-refractivity contribution is 5.90. The molecule has 1 aromatic carbocycles. The summed E-state index contributed by atoms with van der Waals surface area (Å²) in [4.78, 5) is 12.7. The molecule has 1 rings (SSSR count). The number of amides is 1. The van der Waals surface area contributed by atoms with E-state index in [0.29, 0.717) is 0 Å². The van der Waals surface area contributed by atoms with Gasteiger partial charge < -0.3 is 4.90 Å². The van der Waals surface area contributed by atoms with Crippen LogP contribution in [0, 0.1) is 0 Å². The molecule has 0 atom stereocenters. The zero-order chi connectivity index (χ0) is 9.84. The van der Waals surface area contributed by atoms with Crippen LogP contribution in [-0.4, -0.2) is 13.0 Å². The minimum Gasteiger partial charge on any atom is -0.316 e. The van der Waals surface area contributed by atoms with Crippen LogP contribution in [0.15, 0.2) is 24.3 Å². The van der Waals surface area contributed by atoms with E-state index in [1.54, 1.807) is 18.9 Å². The topological polar surface area (TPSA) is 20.3 Å². The van der Waals surface area contributed by atoms with E-state index in [4.69, 9.17) is 0 Å². The Kier molecular flexibility index (Phi) is 3.07. The Bertz CT molecular complexity index is 307. The van der Waals surface area contributed by atoms with Gasteiger partial charge in [0.15, 0.2) is 0 Å². The van der Waals surface area contributed by atoms with Gasteiger partial charge in [0.25, 0.3) is 0 Å². The summed E-state index contributed by atoms with van der Waals surface area (Å²) < 4.78 is 0. The maximum absolute atomic E-state index is 11.1. The Morgan fingerprint density at radius 3 is 2.69 bits per heavy atom. The number of rotatable bonds is 2. The summed E-state index contributed by atoms with van der Waals surface area (Å²) in [5, 5.41) is 0. The third-order valence-corrected chi connectivity index (χ3v) is 2.18. The average Bonchev–Trinajstić information content (AvgIpc) is 2.16. The number of nitrogens with zero attached hydrogens (tertiary/aromatic N) is 1. The Balaban J connectivity index is 2.94. The predicted molar refractivity (Wildman–Crippen MR) is 54.9 cm³/mol. The molecule has 0 aliphatic heterocycles. The molecule has 0 bridgehead atoms. The zero-order valence-electron chi connectivity index (χ0n) is 8.37. The van der Waals surface area contributed by atoms with Gasteiger partial charge >= 0.3 is 0 Å². The molecule has 1 amide bonds. The number of anilines is 1. The maximum Gasteiger partial charge on any atom is 0.223 e. The third-order valence-electron chi connectivity index (χ3n) is 2.18. The van der Waals surface area contributed by atoms with Crippen molar-refractivity contribution < 1.29 is 4.79 Å². The molecule has 0 saturated carbocycles. The van der Waals surface area contributed by atoms with Crippen molar-refractivity contribution in [2.45, 2.75) is 20.3 Å². The molecule has 0 aromatic heterocycles. The molecule has 0 aliphatic rings. The molecular weight excluding hydrogens is 162 g/mol. The zero-order valence-corrected chi connectivity index (χ0v) is 8.37. The summed E-state index contributed by atoms with van der Waals surface area (Å²) in [6.45, 7) is 3.67. The van der Waals surface area contributed by atoms with E-state index < -0.39 is 0 Å². The number of aryl methyl sites for hydroxylation is 1. The Labute approximate surface area is 79.2 Å². The molecule has 13 heavy (non-hydrogen) atoms. The fourth-order valence-corrected chi connectivity index (χ4v) is 1.17. The maximum atomic E-state index is 11.1. The standard InChI is InChI=1S/C11H15NO/c1-4-10-6-5-7-11(8-10)12(3)9(2)13/h5-8H,4H2,1-3H3. The number of hydrogen-bond acceptors (Lipinski definition) is 1. The Morgan fingerprint density at radius 2 is 2.15 bits per heavy atom. The first kappa shape index (κ1) is 9.78. The second kappa shape index (κ2) is 4.08. The number of carbonyl (C=O) groups excluding carboxylic acids is 1. The van der Waals surface area contributed by atoms with E-state index in [1.807, 2.05) is 18.2 Å².